The highest BCUT2D eigenvalue weighted by Gasteiger charge is 2.31. The Morgan fingerprint density at radius 3 is 2.80 bits per heavy atom. The molecule has 0 amide bonds. The van der Waals surface area contributed by atoms with Crippen LogP contribution in [-0.4, -0.2) is 39.3 Å². The molecule has 1 aromatic carbocycles. The summed E-state index contributed by atoms with van der Waals surface area (Å²) in [6, 6.07) is 10.5. The summed E-state index contributed by atoms with van der Waals surface area (Å²) in [5.74, 6) is 2.00. The molecule has 0 aliphatic carbocycles. The maximum Gasteiger partial charge on any atom is 0.152 e. The number of hydrogen-bond acceptors (Lipinski definition) is 4. The van der Waals surface area contributed by atoms with Crippen molar-refractivity contribution in [3.63, 3.8) is 0 Å². The van der Waals surface area contributed by atoms with Crippen molar-refractivity contribution in [3.05, 3.63) is 47.7 Å². The molecule has 2 aromatic heterocycles. The van der Waals surface area contributed by atoms with Gasteiger partial charge in [-0.05, 0) is 37.8 Å². The highest BCUT2D eigenvalue weighted by molar-refractivity contribution is 7.91. The van der Waals surface area contributed by atoms with Crippen molar-refractivity contribution in [3.8, 4) is 0 Å². The number of aromatic nitrogens is 4. The molecule has 1 atom stereocenters. The first kappa shape index (κ1) is 16.3. The van der Waals surface area contributed by atoms with Crippen LogP contribution in [0.5, 0.6) is 0 Å². The molecule has 1 aliphatic rings. The minimum atomic E-state index is -2.94. The van der Waals surface area contributed by atoms with E-state index in [4.69, 9.17) is 0 Å². The molecule has 25 heavy (non-hydrogen) atoms. The summed E-state index contributed by atoms with van der Waals surface area (Å²) in [5.41, 5.74) is 2.43. The van der Waals surface area contributed by atoms with Gasteiger partial charge in [-0.3, -0.25) is 0 Å². The molecule has 0 radical (unpaired) electrons. The number of hydrogen-bond donors (Lipinski definition) is 0. The zero-order valence-corrected chi connectivity index (χ0v) is 15.3. The summed E-state index contributed by atoms with van der Waals surface area (Å²) in [5, 5.41) is 5.71. The first-order valence-electron chi connectivity index (χ1n) is 8.60. The molecule has 0 spiro atoms. The molecule has 0 unspecified atom stereocenters. The van der Waals surface area contributed by atoms with Crippen LogP contribution in [0.15, 0.2) is 30.3 Å². The van der Waals surface area contributed by atoms with Crippen molar-refractivity contribution in [1.29, 1.82) is 0 Å². The Hall–Kier alpha value is -2.15. The lowest BCUT2D eigenvalue weighted by atomic mass is 10.2. The number of nitrogens with zero attached hydrogens (tertiary/aromatic N) is 4. The average molecular weight is 358 g/mol. The molecule has 3 heterocycles. The quantitative estimate of drug-likeness (QED) is 0.718. The molecule has 7 heteroatoms. The van der Waals surface area contributed by atoms with Crippen LogP contribution in [0.2, 0.25) is 0 Å². The van der Waals surface area contributed by atoms with Gasteiger partial charge in [0.05, 0.1) is 17.5 Å². The van der Waals surface area contributed by atoms with Gasteiger partial charge >= 0.3 is 0 Å². The predicted molar refractivity (Wildman–Crippen MR) is 97.4 cm³/mol. The molecule has 6 nitrogen and oxygen atoms in total. The maximum atomic E-state index is 11.8. The molecule has 0 bridgehead atoms. The Labute approximate surface area is 147 Å². The third-order valence-corrected chi connectivity index (χ3v) is 6.69. The smallest absolute Gasteiger partial charge is 0.152 e. The van der Waals surface area contributed by atoms with E-state index >= 15 is 0 Å². The second-order valence-corrected chi connectivity index (χ2v) is 9.05. The van der Waals surface area contributed by atoms with Crippen molar-refractivity contribution >= 4 is 20.7 Å². The third-order valence-electron chi connectivity index (χ3n) is 4.94. The van der Waals surface area contributed by atoms with Crippen LogP contribution in [0.25, 0.3) is 10.9 Å². The van der Waals surface area contributed by atoms with Crippen molar-refractivity contribution in [2.45, 2.75) is 39.3 Å². The molecule has 1 saturated heterocycles. The van der Waals surface area contributed by atoms with E-state index in [1.807, 2.05) is 23.7 Å². The van der Waals surface area contributed by atoms with Gasteiger partial charge in [-0.1, -0.05) is 18.2 Å². The second-order valence-electron chi connectivity index (χ2n) is 6.82. The van der Waals surface area contributed by atoms with E-state index in [1.165, 1.54) is 16.6 Å². The van der Waals surface area contributed by atoms with E-state index in [9.17, 15) is 8.42 Å². The number of para-hydroxylation sites is 1. The molecule has 4 rings (SSSR count). The Morgan fingerprint density at radius 2 is 2.04 bits per heavy atom. The van der Waals surface area contributed by atoms with E-state index in [2.05, 4.69) is 39.8 Å². The number of fused-ring (bicyclic) bond motifs is 1. The summed E-state index contributed by atoms with van der Waals surface area (Å²) in [4.78, 5) is 4.56. The highest BCUT2D eigenvalue weighted by atomic mass is 32.2. The Kier molecular flexibility index (Phi) is 3.91. The van der Waals surface area contributed by atoms with Crippen molar-refractivity contribution < 1.29 is 8.42 Å². The highest BCUT2D eigenvalue weighted by Crippen LogP contribution is 2.25. The molecule has 1 fully saturated rings. The fourth-order valence-corrected chi connectivity index (χ4v) is 5.45. The first-order valence-corrected chi connectivity index (χ1v) is 10.4. The largest absolute Gasteiger partial charge is 0.344 e. The molecule has 0 N–H and O–H groups in total. The van der Waals surface area contributed by atoms with Crippen LogP contribution < -0.4 is 0 Å². The predicted octanol–water partition coefficient (Wildman–Crippen LogP) is 2.45. The van der Waals surface area contributed by atoms with Crippen LogP contribution in [0, 0.1) is 13.8 Å². The van der Waals surface area contributed by atoms with Gasteiger partial charge in [0.25, 0.3) is 0 Å². The molecular weight excluding hydrogens is 336 g/mol. The van der Waals surface area contributed by atoms with E-state index in [0.717, 1.165) is 18.8 Å². The van der Waals surface area contributed by atoms with Gasteiger partial charge in [0.15, 0.2) is 9.84 Å². The minimum absolute atomic E-state index is 0.0799. The molecule has 1 aliphatic heterocycles. The first-order chi connectivity index (χ1) is 11.9. The van der Waals surface area contributed by atoms with Crippen LogP contribution in [0.3, 0.4) is 0 Å². The van der Waals surface area contributed by atoms with E-state index in [-0.39, 0.29) is 17.5 Å². The van der Waals surface area contributed by atoms with Crippen LogP contribution in [-0.2, 0) is 22.8 Å². The van der Waals surface area contributed by atoms with E-state index in [1.54, 1.807) is 0 Å². The summed E-state index contributed by atoms with van der Waals surface area (Å²) in [6.45, 7) is 4.77. The average Bonchev–Trinajstić information content (AvgIpc) is 3.20. The Balaban J connectivity index is 1.60. The number of benzene rings is 1. The van der Waals surface area contributed by atoms with Gasteiger partial charge in [-0.15, -0.1) is 0 Å². The Morgan fingerprint density at radius 1 is 1.24 bits per heavy atom. The molecule has 132 valence electrons. The lowest BCUT2D eigenvalue weighted by Gasteiger charge is -2.13. The molecule has 3 aromatic rings. The zero-order valence-electron chi connectivity index (χ0n) is 14.5. The van der Waals surface area contributed by atoms with Crippen LogP contribution in [0.4, 0.5) is 0 Å². The van der Waals surface area contributed by atoms with Crippen molar-refractivity contribution in [1.82, 2.24) is 19.3 Å². The van der Waals surface area contributed by atoms with Gasteiger partial charge in [0, 0.05) is 24.2 Å². The standard InChI is InChI=1S/C18H22N4O2S/c1-13-11-15-5-3-4-6-17(15)21(13)9-7-18-19-14(2)20-22(18)16-8-10-25(23,24)12-16/h3-6,11,16H,7-10,12H2,1-2H3/t16-/m0/s1. The monoisotopic (exact) mass is 358 g/mol. The zero-order chi connectivity index (χ0) is 17.6. The van der Waals surface area contributed by atoms with Crippen LogP contribution in [0.1, 0.15) is 29.8 Å². The lowest BCUT2D eigenvalue weighted by Crippen LogP contribution is -2.17. The fourth-order valence-electron chi connectivity index (χ4n) is 3.76. The number of sulfone groups is 1. The van der Waals surface area contributed by atoms with Gasteiger partial charge in [-0.25, -0.2) is 18.1 Å². The summed E-state index contributed by atoms with van der Waals surface area (Å²) in [7, 11) is -2.94. The second kappa shape index (κ2) is 5.98. The minimum Gasteiger partial charge on any atom is -0.344 e. The SMILES string of the molecule is Cc1nc(CCn2c(C)cc3ccccc32)n([C@H]2CCS(=O)(=O)C2)n1. The number of aryl methyl sites for hydroxylation is 4. The fraction of sp³-hybridized carbons (Fsp3) is 0.444. The maximum absolute atomic E-state index is 11.8. The van der Waals surface area contributed by atoms with Gasteiger partial charge in [0.1, 0.15) is 11.6 Å². The topological polar surface area (TPSA) is 69.8 Å². The van der Waals surface area contributed by atoms with Gasteiger partial charge < -0.3 is 4.57 Å². The molecular formula is C18H22N4O2S. The Bertz CT molecular complexity index is 1030. The van der Waals surface area contributed by atoms with Gasteiger partial charge in [-0.2, -0.15) is 5.10 Å². The van der Waals surface area contributed by atoms with E-state index in [0.29, 0.717) is 12.2 Å². The van der Waals surface area contributed by atoms with Crippen molar-refractivity contribution in [2.24, 2.45) is 0 Å². The van der Waals surface area contributed by atoms with E-state index < -0.39 is 9.84 Å². The third kappa shape index (κ3) is 3.08. The summed E-state index contributed by atoms with van der Waals surface area (Å²) >= 11 is 0. The van der Waals surface area contributed by atoms with Gasteiger partial charge in [0.2, 0.25) is 0 Å². The normalized spacial score (nSPS) is 19.7. The van der Waals surface area contributed by atoms with Crippen molar-refractivity contribution in [2.75, 3.05) is 11.5 Å². The number of rotatable bonds is 4. The summed E-state index contributed by atoms with van der Waals surface area (Å²) in [6.07, 6.45) is 1.36. The lowest BCUT2D eigenvalue weighted by molar-refractivity contribution is 0.468. The summed E-state index contributed by atoms with van der Waals surface area (Å²) < 4.78 is 27.7. The molecule has 0 saturated carbocycles. The van der Waals surface area contributed by atoms with Crippen LogP contribution >= 0.6 is 0 Å².